The smallest absolute Gasteiger partial charge is 0.323 e. The lowest BCUT2D eigenvalue weighted by atomic mass is 10.00. The van der Waals surface area contributed by atoms with E-state index in [0.717, 1.165) is 25.8 Å². The first kappa shape index (κ1) is 15.0. The van der Waals surface area contributed by atoms with Crippen LogP contribution in [-0.2, 0) is 19.1 Å². The Morgan fingerprint density at radius 3 is 2.72 bits per heavy atom. The highest BCUT2D eigenvalue weighted by Crippen LogP contribution is 2.19. The molecule has 1 rings (SSSR count). The summed E-state index contributed by atoms with van der Waals surface area (Å²) in [7, 11) is 1.39. The fourth-order valence-electron chi connectivity index (χ4n) is 2.34. The second-order valence-corrected chi connectivity index (χ2v) is 4.68. The maximum atomic E-state index is 11.8. The number of methoxy groups -OCH3 is 1. The number of carbonyl (C=O) groups excluding carboxylic acids is 2. The van der Waals surface area contributed by atoms with Gasteiger partial charge >= 0.3 is 11.9 Å². The molecule has 0 amide bonds. The summed E-state index contributed by atoms with van der Waals surface area (Å²) < 4.78 is 9.80. The molecule has 1 heterocycles. The molecule has 2 atom stereocenters. The Morgan fingerprint density at radius 2 is 2.11 bits per heavy atom. The minimum atomic E-state index is -0.233. The summed E-state index contributed by atoms with van der Waals surface area (Å²) in [6, 6.07) is -0.203. The van der Waals surface area contributed by atoms with Crippen molar-refractivity contribution in [3.8, 4) is 0 Å². The molecule has 0 spiro atoms. The number of piperidine rings is 1. The van der Waals surface area contributed by atoms with Crippen LogP contribution in [0.1, 0.15) is 33.1 Å². The summed E-state index contributed by atoms with van der Waals surface area (Å²) in [5.74, 6) is -0.623. The van der Waals surface area contributed by atoms with Gasteiger partial charge in [0.2, 0.25) is 0 Å². The summed E-state index contributed by atoms with van der Waals surface area (Å²) in [4.78, 5) is 25.3. The van der Waals surface area contributed by atoms with E-state index in [1.165, 1.54) is 7.11 Å². The van der Waals surface area contributed by atoms with Crippen LogP contribution in [0.3, 0.4) is 0 Å². The van der Waals surface area contributed by atoms with Gasteiger partial charge < -0.3 is 9.47 Å². The summed E-state index contributed by atoms with van der Waals surface area (Å²) in [6.07, 6.45) is 2.91. The normalized spacial score (nSPS) is 22.3. The van der Waals surface area contributed by atoms with Crippen LogP contribution in [0.15, 0.2) is 0 Å². The van der Waals surface area contributed by atoms with Crippen molar-refractivity contribution in [1.29, 1.82) is 0 Å². The van der Waals surface area contributed by atoms with E-state index in [-0.39, 0.29) is 23.9 Å². The van der Waals surface area contributed by atoms with Crippen molar-refractivity contribution in [3.05, 3.63) is 0 Å². The largest absolute Gasteiger partial charge is 0.469 e. The van der Waals surface area contributed by atoms with Crippen LogP contribution in [-0.4, -0.2) is 49.7 Å². The van der Waals surface area contributed by atoms with Crippen molar-refractivity contribution < 1.29 is 19.1 Å². The third kappa shape index (κ3) is 3.98. The van der Waals surface area contributed by atoms with E-state index in [1.807, 2.05) is 18.7 Å². The molecule has 0 aromatic heterocycles. The molecule has 5 nitrogen and oxygen atoms in total. The second-order valence-electron chi connectivity index (χ2n) is 4.68. The Hall–Kier alpha value is -1.10. The molecule has 0 aromatic rings. The fourth-order valence-corrected chi connectivity index (χ4v) is 2.34. The van der Waals surface area contributed by atoms with Crippen LogP contribution >= 0.6 is 0 Å². The Kier molecular flexibility index (Phi) is 6.12. The molecule has 0 aromatic carbocycles. The van der Waals surface area contributed by atoms with E-state index >= 15 is 0 Å². The number of hydrogen-bond acceptors (Lipinski definition) is 5. The SMILES string of the molecule is CCOC(=O)[C@@H]1CCCCN1C[C@H](C)C(=O)OC. The first-order valence-corrected chi connectivity index (χ1v) is 6.58. The lowest BCUT2D eigenvalue weighted by Crippen LogP contribution is -2.48. The molecule has 0 bridgehead atoms. The van der Waals surface area contributed by atoms with Crippen LogP contribution < -0.4 is 0 Å². The number of ether oxygens (including phenoxy) is 2. The second kappa shape index (κ2) is 7.36. The van der Waals surface area contributed by atoms with Gasteiger partial charge in [-0.25, -0.2) is 0 Å². The third-order valence-corrected chi connectivity index (χ3v) is 3.28. The molecule has 0 aliphatic carbocycles. The summed E-state index contributed by atoms with van der Waals surface area (Å²) in [6.45, 7) is 5.42. The standard InChI is InChI=1S/C13H23NO4/c1-4-18-13(16)11-7-5-6-8-14(11)9-10(2)12(15)17-3/h10-11H,4-9H2,1-3H3/t10-,11-/m0/s1. The van der Waals surface area contributed by atoms with E-state index < -0.39 is 0 Å². The van der Waals surface area contributed by atoms with Gasteiger partial charge in [-0.15, -0.1) is 0 Å². The van der Waals surface area contributed by atoms with Gasteiger partial charge in [0.1, 0.15) is 6.04 Å². The van der Waals surface area contributed by atoms with Crippen molar-refractivity contribution in [3.63, 3.8) is 0 Å². The monoisotopic (exact) mass is 257 g/mol. The maximum Gasteiger partial charge on any atom is 0.323 e. The van der Waals surface area contributed by atoms with E-state index in [0.29, 0.717) is 13.2 Å². The van der Waals surface area contributed by atoms with Crippen LogP contribution in [0.4, 0.5) is 0 Å². The van der Waals surface area contributed by atoms with Crippen LogP contribution in [0.5, 0.6) is 0 Å². The molecule has 1 aliphatic heterocycles. The number of nitrogens with zero attached hydrogens (tertiary/aromatic N) is 1. The van der Waals surface area contributed by atoms with Crippen LogP contribution in [0.25, 0.3) is 0 Å². The number of hydrogen-bond donors (Lipinski definition) is 0. The molecular weight excluding hydrogens is 234 g/mol. The molecule has 0 unspecified atom stereocenters. The average molecular weight is 257 g/mol. The molecule has 1 fully saturated rings. The summed E-state index contributed by atoms with van der Waals surface area (Å²) in [5.41, 5.74) is 0. The van der Waals surface area contributed by atoms with Gasteiger partial charge in [0.25, 0.3) is 0 Å². The van der Waals surface area contributed by atoms with E-state index in [2.05, 4.69) is 0 Å². The molecule has 0 saturated carbocycles. The summed E-state index contributed by atoms with van der Waals surface area (Å²) in [5, 5.41) is 0. The highest BCUT2D eigenvalue weighted by Gasteiger charge is 2.31. The minimum Gasteiger partial charge on any atom is -0.469 e. The Bertz CT molecular complexity index is 293. The van der Waals surface area contributed by atoms with E-state index in [9.17, 15) is 9.59 Å². The van der Waals surface area contributed by atoms with Gasteiger partial charge in [-0.1, -0.05) is 13.3 Å². The van der Waals surface area contributed by atoms with Gasteiger partial charge in [0.05, 0.1) is 19.6 Å². The number of esters is 2. The van der Waals surface area contributed by atoms with Gasteiger partial charge in [-0.05, 0) is 26.3 Å². The van der Waals surface area contributed by atoms with Gasteiger partial charge in [-0.2, -0.15) is 0 Å². The number of rotatable bonds is 5. The van der Waals surface area contributed by atoms with Gasteiger partial charge in [0.15, 0.2) is 0 Å². The molecule has 1 aliphatic rings. The van der Waals surface area contributed by atoms with Crippen molar-refractivity contribution in [2.24, 2.45) is 5.92 Å². The summed E-state index contributed by atoms with van der Waals surface area (Å²) >= 11 is 0. The predicted molar refractivity (Wildman–Crippen MR) is 67.0 cm³/mol. The highest BCUT2D eigenvalue weighted by molar-refractivity contribution is 5.76. The first-order valence-electron chi connectivity index (χ1n) is 6.58. The zero-order chi connectivity index (χ0) is 13.5. The molecule has 0 N–H and O–H groups in total. The molecular formula is C13H23NO4. The number of carbonyl (C=O) groups is 2. The van der Waals surface area contributed by atoms with Crippen molar-refractivity contribution in [2.75, 3.05) is 26.8 Å². The van der Waals surface area contributed by atoms with Gasteiger partial charge in [-0.3, -0.25) is 14.5 Å². The Labute approximate surface area is 108 Å². The quantitative estimate of drug-likeness (QED) is 0.693. The lowest BCUT2D eigenvalue weighted by molar-refractivity contribution is -0.153. The number of likely N-dealkylation sites (tertiary alicyclic amines) is 1. The highest BCUT2D eigenvalue weighted by atomic mass is 16.5. The first-order chi connectivity index (χ1) is 8.60. The molecule has 1 saturated heterocycles. The Balaban J connectivity index is 2.59. The third-order valence-electron chi connectivity index (χ3n) is 3.28. The van der Waals surface area contributed by atoms with Crippen molar-refractivity contribution in [1.82, 2.24) is 4.90 Å². The lowest BCUT2D eigenvalue weighted by Gasteiger charge is -2.35. The van der Waals surface area contributed by atoms with Crippen LogP contribution in [0.2, 0.25) is 0 Å². The van der Waals surface area contributed by atoms with Gasteiger partial charge in [0, 0.05) is 6.54 Å². The van der Waals surface area contributed by atoms with Crippen LogP contribution in [0, 0.1) is 5.92 Å². The van der Waals surface area contributed by atoms with E-state index in [4.69, 9.17) is 9.47 Å². The minimum absolute atomic E-state index is 0.172. The molecule has 0 radical (unpaired) electrons. The molecule has 18 heavy (non-hydrogen) atoms. The van der Waals surface area contributed by atoms with Crippen molar-refractivity contribution >= 4 is 11.9 Å². The molecule has 104 valence electrons. The zero-order valence-corrected chi connectivity index (χ0v) is 11.5. The average Bonchev–Trinajstić information content (AvgIpc) is 2.38. The molecule has 5 heteroatoms. The maximum absolute atomic E-state index is 11.8. The topological polar surface area (TPSA) is 55.8 Å². The fraction of sp³-hybridized carbons (Fsp3) is 0.846. The van der Waals surface area contributed by atoms with E-state index in [1.54, 1.807) is 0 Å². The zero-order valence-electron chi connectivity index (χ0n) is 11.5. The predicted octanol–water partition coefficient (Wildman–Crippen LogP) is 1.21. The van der Waals surface area contributed by atoms with Crippen molar-refractivity contribution in [2.45, 2.75) is 39.2 Å². The Morgan fingerprint density at radius 1 is 1.39 bits per heavy atom.